The van der Waals surface area contributed by atoms with Gasteiger partial charge in [0.15, 0.2) is 5.82 Å². The molecule has 0 aliphatic heterocycles. The van der Waals surface area contributed by atoms with Crippen LogP contribution in [-0.4, -0.2) is 30.3 Å². The van der Waals surface area contributed by atoms with Crippen molar-refractivity contribution < 1.29 is 12.8 Å². The lowest BCUT2D eigenvalue weighted by molar-refractivity contribution is 0.316. The highest BCUT2D eigenvalue weighted by molar-refractivity contribution is 7.89. The van der Waals surface area contributed by atoms with Crippen molar-refractivity contribution >= 4 is 10.0 Å². The maximum Gasteiger partial charge on any atom is 0.263 e. The summed E-state index contributed by atoms with van der Waals surface area (Å²) < 4.78 is 39.6. The van der Waals surface area contributed by atoms with E-state index in [1.54, 1.807) is 13.8 Å². The molecule has 0 N–H and O–H groups in total. The summed E-state index contributed by atoms with van der Waals surface area (Å²) in [6.45, 7) is 7.71. The second kappa shape index (κ2) is 5.75. The van der Waals surface area contributed by atoms with E-state index in [2.05, 4.69) is 4.98 Å². The summed E-state index contributed by atoms with van der Waals surface area (Å²) in [6.07, 6.45) is 1.28. The van der Waals surface area contributed by atoms with Gasteiger partial charge in [-0.15, -0.1) is 0 Å². The Morgan fingerprint density at radius 2 is 1.94 bits per heavy atom. The maximum absolute atomic E-state index is 13.6. The summed E-state index contributed by atoms with van der Waals surface area (Å²) in [7, 11) is -3.88. The number of hydrogen-bond acceptors (Lipinski definition) is 3. The van der Waals surface area contributed by atoms with Crippen LogP contribution in [0.3, 0.4) is 0 Å². The predicted molar refractivity (Wildman–Crippen MR) is 68.1 cm³/mol. The van der Waals surface area contributed by atoms with Gasteiger partial charge in [-0.25, -0.2) is 17.8 Å². The van der Waals surface area contributed by atoms with Crippen molar-refractivity contribution in [2.24, 2.45) is 5.92 Å². The Labute approximate surface area is 108 Å². The minimum Gasteiger partial charge on any atom is -0.241 e. The second-order valence-corrected chi connectivity index (χ2v) is 6.66. The van der Waals surface area contributed by atoms with Gasteiger partial charge in [-0.05, 0) is 31.9 Å². The first-order valence-corrected chi connectivity index (χ1v) is 7.33. The highest BCUT2D eigenvalue weighted by Gasteiger charge is 2.31. The molecule has 0 aliphatic carbocycles. The number of aromatic nitrogens is 1. The first-order chi connectivity index (χ1) is 8.26. The fraction of sp³-hybridized carbons (Fsp3) is 0.583. The third-order valence-electron chi connectivity index (χ3n) is 2.40. The molecule has 0 aliphatic rings. The van der Waals surface area contributed by atoms with E-state index < -0.39 is 20.9 Å². The molecule has 6 heteroatoms. The first kappa shape index (κ1) is 15.0. The van der Waals surface area contributed by atoms with Crippen LogP contribution < -0.4 is 0 Å². The van der Waals surface area contributed by atoms with Crippen LogP contribution in [0, 0.1) is 11.7 Å². The van der Waals surface area contributed by atoms with Crippen LogP contribution in [0.4, 0.5) is 4.39 Å². The van der Waals surface area contributed by atoms with Gasteiger partial charge in [0.25, 0.3) is 10.0 Å². The van der Waals surface area contributed by atoms with Crippen molar-refractivity contribution in [3.63, 3.8) is 0 Å². The molecule has 1 rings (SSSR count). The second-order valence-electron chi connectivity index (χ2n) is 4.85. The fourth-order valence-corrected chi connectivity index (χ4v) is 3.40. The SMILES string of the molecule is CC(C)CN(C(C)C)S(=O)(=O)c1ncccc1F. The van der Waals surface area contributed by atoms with Gasteiger partial charge in [-0.3, -0.25) is 0 Å². The third-order valence-corrected chi connectivity index (χ3v) is 4.38. The largest absolute Gasteiger partial charge is 0.263 e. The van der Waals surface area contributed by atoms with Gasteiger partial charge in [-0.1, -0.05) is 13.8 Å². The molecule has 0 atom stereocenters. The molecular formula is C12H19FN2O2S. The standard InChI is InChI=1S/C12H19FN2O2S/c1-9(2)8-15(10(3)4)18(16,17)12-11(13)6-5-7-14-12/h5-7,9-10H,8H2,1-4H3. The Kier molecular flexibility index (Phi) is 4.81. The molecule has 102 valence electrons. The van der Waals surface area contributed by atoms with Gasteiger partial charge in [0, 0.05) is 18.8 Å². The van der Waals surface area contributed by atoms with Crippen LogP contribution in [0.25, 0.3) is 0 Å². The average molecular weight is 274 g/mol. The van der Waals surface area contributed by atoms with Gasteiger partial charge in [0.1, 0.15) is 0 Å². The average Bonchev–Trinajstić information content (AvgIpc) is 2.25. The number of hydrogen-bond donors (Lipinski definition) is 0. The van der Waals surface area contributed by atoms with E-state index in [-0.39, 0.29) is 12.0 Å². The molecule has 0 saturated carbocycles. The summed E-state index contributed by atoms with van der Waals surface area (Å²) in [5, 5.41) is -0.501. The quantitative estimate of drug-likeness (QED) is 0.827. The maximum atomic E-state index is 13.6. The smallest absolute Gasteiger partial charge is 0.241 e. The van der Waals surface area contributed by atoms with Crippen molar-refractivity contribution in [1.82, 2.24) is 9.29 Å². The molecule has 0 amide bonds. The Morgan fingerprint density at radius 1 is 1.33 bits per heavy atom. The van der Waals surface area contributed by atoms with Crippen molar-refractivity contribution in [1.29, 1.82) is 0 Å². The van der Waals surface area contributed by atoms with Crippen molar-refractivity contribution in [3.05, 3.63) is 24.1 Å². The normalized spacial score (nSPS) is 12.7. The van der Waals surface area contributed by atoms with Gasteiger partial charge in [0.2, 0.25) is 5.03 Å². The van der Waals surface area contributed by atoms with Gasteiger partial charge >= 0.3 is 0 Å². The molecule has 1 aromatic rings. The zero-order valence-electron chi connectivity index (χ0n) is 11.1. The molecule has 0 unspecified atom stereocenters. The molecule has 0 bridgehead atoms. The van der Waals surface area contributed by atoms with E-state index in [0.29, 0.717) is 6.54 Å². The summed E-state index contributed by atoms with van der Waals surface area (Å²) in [4.78, 5) is 3.66. The Morgan fingerprint density at radius 3 is 2.39 bits per heavy atom. The van der Waals surface area contributed by atoms with Crippen molar-refractivity contribution in [2.75, 3.05) is 6.54 Å². The van der Waals surface area contributed by atoms with Crippen LogP contribution in [0.5, 0.6) is 0 Å². The number of sulfonamides is 1. The minimum absolute atomic E-state index is 0.161. The summed E-state index contributed by atoms with van der Waals surface area (Å²) in [5.41, 5.74) is 0. The van der Waals surface area contributed by atoms with E-state index in [0.717, 1.165) is 6.07 Å². The Balaban J connectivity index is 3.22. The summed E-state index contributed by atoms with van der Waals surface area (Å²) in [6, 6.07) is 2.24. The van der Waals surface area contributed by atoms with Crippen molar-refractivity contribution in [2.45, 2.75) is 38.8 Å². The Bertz CT molecular complexity index is 501. The van der Waals surface area contributed by atoms with Crippen LogP contribution in [0.1, 0.15) is 27.7 Å². The molecule has 0 aromatic carbocycles. The topological polar surface area (TPSA) is 50.3 Å². The monoisotopic (exact) mass is 274 g/mol. The first-order valence-electron chi connectivity index (χ1n) is 5.89. The third kappa shape index (κ3) is 3.26. The van der Waals surface area contributed by atoms with E-state index in [1.807, 2.05) is 13.8 Å². The van der Waals surface area contributed by atoms with Crippen LogP contribution >= 0.6 is 0 Å². The number of nitrogens with zero attached hydrogens (tertiary/aromatic N) is 2. The summed E-state index contributed by atoms with van der Waals surface area (Å²) in [5.74, 6) is -0.652. The van der Waals surface area contributed by atoms with Crippen molar-refractivity contribution in [3.8, 4) is 0 Å². The molecule has 1 aromatic heterocycles. The lowest BCUT2D eigenvalue weighted by Gasteiger charge is -2.27. The van der Waals surface area contributed by atoms with E-state index >= 15 is 0 Å². The number of pyridine rings is 1. The predicted octanol–water partition coefficient (Wildman–Crippen LogP) is 2.28. The molecule has 1 heterocycles. The molecule has 4 nitrogen and oxygen atoms in total. The molecule has 0 spiro atoms. The van der Waals surface area contributed by atoms with Crippen LogP contribution in [0.15, 0.2) is 23.4 Å². The zero-order chi connectivity index (χ0) is 13.9. The van der Waals surface area contributed by atoms with Crippen LogP contribution in [0.2, 0.25) is 0 Å². The number of halogens is 1. The lowest BCUT2D eigenvalue weighted by Crippen LogP contribution is -2.40. The lowest BCUT2D eigenvalue weighted by atomic mass is 10.2. The minimum atomic E-state index is -3.88. The molecular weight excluding hydrogens is 255 g/mol. The van der Waals surface area contributed by atoms with E-state index in [9.17, 15) is 12.8 Å². The molecule has 0 radical (unpaired) electrons. The highest BCUT2D eigenvalue weighted by atomic mass is 32.2. The number of rotatable bonds is 5. The van der Waals surface area contributed by atoms with Crippen LogP contribution in [-0.2, 0) is 10.0 Å². The zero-order valence-corrected chi connectivity index (χ0v) is 11.9. The summed E-state index contributed by atoms with van der Waals surface area (Å²) >= 11 is 0. The van der Waals surface area contributed by atoms with E-state index in [1.165, 1.54) is 16.6 Å². The van der Waals surface area contributed by atoms with Gasteiger partial charge < -0.3 is 0 Å². The van der Waals surface area contributed by atoms with Gasteiger partial charge in [-0.2, -0.15) is 4.31 Å². The Hall–Kier alpha value is -1.01. The molecule has 0 fully saturated rings. The highest BCUT2D eigenvalue weighted by Crippen LogP contribution is 2.20. The van der Waals surface area contributed by atoms with Gasteiger partial charge in [0.05, 0.1) is 0 Å². The molecule has 18 heavy (non-hydrogen) atoms. The fourth-order valence-electron chi connectivity index (χ4n) is 1.62. The van der Waals surface area contributed by atoms with E-state index in [4.69, 9.17) is 0 Å². The molecule has 0 saturated heterocycles.